The van der Waals surface area contributed by atoms with E-state index in [1.807, 2.05) is 6.92 Å². The van der Waals surface area contributed by atoms with Crippen molar-refractivity contribution in [3.05, 3.63) is 82.8 Å². The topological polar surface area (TPSA) is 99.2 Å². The number of halogens is 1. The number of aliphatic hydroxyl groups is 1. The van der Waals surface area contributed by atoms with Gasteiger partial charge in [0.25, 0.3) is 0 Å². The number of anilines is 1. The highest BCUT2D eigenvalue weighted by Gasteiger charge is 2.44. The molecule has 1 aliphatic rings. The standard InChI is InChI=1S/C27H25FN4O3/c1-16-14-30-32(21-9-7-19(13-29)8-10-21)25(16)24-18(3)31(22-6-4-5-20(11-22)12-28)27(35)23(26(24)34)17(2)15-33/h4-11,14,17,23,33H,12,15H2,1-3H3/t17-,23?/m1/s1. The highest BCUT2D eigenvalue weighted by molar-refractivity contribution is 6.33. The van der Waals surface area contributed by atoms with Gasteiger partial charge < -0.3 is 5.11 Å². The second kappa shape index (κ2) is 9.65. The lowest BCUT2D eigenvalue weighted by Gasteiger charge is -2.36. The lowest BCUT2D eigenvalue weighted by atomic mass is 9.80. The molecule has 0 aliphatic carbocycles. The molecule has 0 saturated carbocycles. The summed E-state index contributed by atoms with van der Waals surface area (Å²) >= 11 is 0. The van der Waals surface area contributed by atoms with Gasteiger partial charge in [0.05, 0.1) is 34.8 Å². The summed E-state index contributed by atoms with van der Waals surface area (Å²) in [7, 11) is 0. The molecule has 2 aromatic carbocycles. The van der Waals surface area contributed by atoms with Gasteiger partial charge in [-0.25, -0.2) is 9.07 Å². The number of Topliss-reactive ketones (excluding diaryl/α,β-unsaturated/α-hetero) is 1. The van der Waals surface area contributed by atoms with Gasteiger partial charge in [0, 0.05) is 18.0 Å². The quantitative estimate of drug-likeness (QED) is 0.544. The van der Waals surface area contributed by atoms with Crippen LogP contribution < -0.4 is 4.90 Å². The Morgan fingerprint density at radius 2 is 1.86 bits per heavy atom. The number of carbonyl (C=O) groups excluding carboxylic acids is 2. The highest BCUT2D eigenvalue weighted by atomic mass is 19.1. The minimum atomic E-state index is -1.11. The molecule has 1 unspecified atom stereocenters. The van der Waals surface area contributed by atoms with E-state index in [1.54, 1.807) is 73.3 Å². The zero-order valence-corrected chi connectivity index (χ0v) is 19.7. The molecule has 0 spiro atoms. The fraction of sp³-hybridized carbons (Fsp3) is 0.259. The molecule has 178 valence electrons. The van der Waals surface area contributed by atoms with E-state index in [-0.39, 0.29) is 6.61 Å². The van der Waals surface area contributed by atoms with Crippen LogP contribution in [0.3, 0.4) is 0 Å². The average Bonchev–Trinajstić information content (AvgIpc) is 3.24. The number of aryl methyl sites for hydroxylation is 1. The fourth-order valence-corrected chi connectivity index (χ4v) is 4.46. The van der Waals surface area contributed by atoms with Gasteiger partial charge in [-0.2, -0.15) is 10.4 Å². The molecule has 0 bridgehead atoms. The molecule has 8 heteroatoms. The van der Waals surface area contributed by atoms with Crippen LogP contribution in [0.5, 0.6) is 0 Å². The number of aliphatic hydroxyl groups excluding tert-OH is 1. The molecule has 0 saturated heterocycles. The molecule has 35 heavy (non-hydrogen) atoms. The van der Waals surface area contributed by atoms with Gasteiger partial charge >= 0.3 is 0 Å². The summed E-state index contributed by atoms with van der Waals surface area (Å²) < 4.78 is 15.0. The third kappa shape index (κ3) is 4.15. The van der Waals surface area contributed by atoms with Crippen LogP contribution in [0.25, 0.3) is 11.3 Å². The molecule has 7 nitrogen and oxygen atoms in total. The van der Waals surface area contributed by atoms with E-state index in [0.717, 1.165) is 5.56 Å². The number of amides is 1. The van der Waals surface area contributed by atoms with E-state index >= 15 is 0 Å². The van der Waals surface area contributed by atoms with Crippen LogP contribution in [0, 0.1) is 30.1 Å². The Bertz CT molecular complexity index is 1370. The Labute approximate surface area is 202 Å². The number of hydrogen-bond acceptors (Lipinski definition) is 5. The first-order valence-corrected chi connectivity index (χ1v) is 11.2. The van der Waals surface area contributed by atoms with Crippen molar-refractivity contribution in [3.63, 3.8) is 0 Å². The number of nitrogens with zero attached hydrogens (tertiary/aromatic N) is 4. The van der Waals surface area contributed by atoms with Crippen LogP contribution in [0.4, 0.5) is 10.1 Å². The zero-order chi connectivity index (χ0) is 25.3. The lowest BCUT2D eigenvalue weighted by Crippen LogP contribution is -2.47. The molecule has 2 heterocycles. The fourth-order valence-electron chi connectivity index (χ4n) is 4.46. The molecule has 3 aromatic rings. The van der Waals surface area contributed by atoms with Gasteiger partial charge in [-0.1, -0.05) is 19.1 Å². The van der Waals surface area contributed by atoms with Crippen LogP contribution in [-0.4, -0.2) is 33.2 Å². The van der Waals surface area contributed by atoms with E-state index in [4.69, 9.17) is 5.26 Å². The first-order valence-electron chi connectivity index (χ1n) is 11.2. The molecular weight excluding hydrogens is 447 g/mol. The van der Waals surface area contributed by atoms with E-state index in [2.05, 4.69) is 11.2 Å². The molecule has 0 radical (unpaired) electrons. The number of benzene rings is 2. The van der Waals surface area contributed by atoms with Gasteiger partial charge in [-0.05, 0) is 67.3 Å². The van der Waals surface area contributed by atoms with Gasteiger partial charge in [0.15, 0.2) is 5.78 Å². The Morgan fingerprint density at radius 3 is 2.49 bits per heavy atom. The molecule has 1 aromatic heterocycles. The van der Waals surface area contributed by atoms with Crippen LogP contribution >= 0.6 is 0 Å². The molecule has 1 N–H and O–H groups in total. The van der Waals surface area contributed by atoms with Crippen molar-refractivity contribution in [3.8, 4) is 11.8 Å². The summed E-state index contributed by atoms with van der Waals surface area (Å²) in [6, 6.07) is 15.4. The maximum atomic E-state index is 13.8. The average molecular weight is 473 g/mol. The van der Waals surface area contributed by atoms with Crippen molar-refractivity contribution in [2.75, 3.05) is 11.5 Å². The smallest absolute Gasteiger partial charge is 0.242 e. The Hall–Kier alpha value is -4.09. The van der Waals surface area contributed by atoms with Crippen molar-refractivity contribution in [2.24, 2.45) is 11.8 Å². The van der Waals surface area contributed by atoms with E-state index in [1.165, 1.54) is 4.90 Å². The Morgan fingerprint density at radius 1 is 1.14 bits per heavy atom. The number of allylic oxidation sites excluding steroid dienone is 2. The number of alkyl halides is 1. The number of aromatic nitrogens is 2. The molecule has 1 aliphatic heterocycles. The zero-order valence-electron chi connectivity index (χ0n) is 19.7. The summed E-state index contributed by atoms with van der Waals surface area (Å²) in [5, 5.41) is 23.4. The van der Waals surface area contributed by atoms with Gasteiger partial charge in [0.2, 0.25) is 5.91 Å². The summed E-state index contributed by atoms with van der Waals surface area (Å²) in [6.07, 6.45) is 1.63. The molecule has 4 rings (SSSR count). The van der Waals surface area contributed by atoms with E-state index in [9.17, 15) is 19.1 Å². The summed E-state index contributed by atoms with van der Waals surface area (Å²) in [4.78, 5) is 28.8. The number of rotatable bonds is 6. The predicted molar refractivity (Wildman–Crippen MR) is 129 cm³/mol. The number of hydrogen-bond donors (Lipinski definition) is 1. The van der Waals surface area contributed by atoms with Crippen LogP contribution in [0.2, 0.25) is 0 Å². The van der Waals surface area contributed by atoms with Crippen LogP contribution in [0.15, 0.2) is 60.4 Å². The van der Waals surface area contributed by atoms with Gasteiger partial charge in [0.1, 0.15) is 12.6 Å². The molecular formula is C27H25FN4O3. The third-order valence-corrected chi connectivity index (χ3v) is 6.32. The van der Waals surface area contributed by atoms with Crippen LogP contribution in [-0.2, 0) is 16.3 Å². The van der Waals surface area contributed by atoms with Crippen molar-refractivity contribution in [1.29, 1.82) is 5.26 Å². The second-order valence-electron chi connectivity index (χ2n) is 8.69. The lowest BCUT2D eigenvalue weighted by molar-refractivity contribution is -0.132. The highest BCUT2D eigenvalue weighted by Crippen LogP contribution is 2.39. The Kier molecular flexibility index (Phi) is 6.63. The van der Waals surface area contributed by atoms with Crippen LogP contribution in [0.1, 0.15) is 36.2 Å². The first kappa shape index (κ1) is 24.0. The SMILES string of the molecule is CC1=C(c2c(C)cnn2-c2ccc(C#N)cc2)C(=O)C([C@H](C)CO)C(=O)N1c1cccc(CF)c1. The monoisotopic (exact) mass is 472 g/mol. The number of ketones is 1. The summed E-state index contributed by atoms with van der Waals surface area (Å²) in [6.45, 7) is 4.12. The molecule has 2 atom stereocenters. The predicted octanol–water partition coefficient (Wildman–Crippen LogP) is 4.11. The maximum Gasteiger partial charge on any atom is 0.242 e. The van der Waals surface area contributed by atoms with Crippen molar-refractivity contribution in [1.82, 2.24) is 9.78 Å². The van der Waals surface area contributed by atoms with Crippen molar-refractivity contribution in [2.45, 2.75) is 27.4 Å². The van der Waals surface area contributed by atoms with E-state index < -0.39 is 30.2 Å². The van der Waals surface area contributed by atoms with E-state index in [0.29, 0.717) is 39.5 Å². The number of nitriles is 1. The summed E-state index contributed by atoms with van der Waals surface area (Å²) in [5.74, 6) is -2.60. The third-order valence-electron chi connectivity index (χ3n) is 6.32. The minimum absolute atomic E-state index is 0.305. The number of carbonyl (C=O) groups is 2. The normalized spacial score (nSPS) is 17.0. The maximum absolute atomic E-state index is 13.8. The molecule has 0 fully saturated rings. The summed E-state index contributed by atoms with van der Waals surface area (Å²) in [5.41, 5.74) is 3.94. The van der Waals surface area contributed by atoms with Gasteiger partial charge in [-0.15, -0.1) is 0 Å². The largest absolute Gasteiger partial charge is 0.396 e. The second-order valence-corrected chi connectivity index (χ2v) is 8.69. The van der Waals surface area contributed by atoms with Crippen molar-refractivity contribution >= 4 is 23.0 Å². The van der Waals surface area contributed by atoms with Crippen molar-refractivity contribution < 1.29 is 19.1 Å². The molecule has 1 amide bonds. The Balaban J connectivity index is 1.96. The minimum Gasteiger partial charge on any atom is -0.396 e. The van der Waals surface area contributed by atoms with Gasteiger partial charge in [-0.3, -0.25) is 14.5 Å². The first-order chi connectivity index (χ1) is 16.8.